The Balaban J connectivity index is 1.38. The number of likely N-dealkylation sites (tertiary alicyclic amines) is 1. The normalized spacial score (nSPS) is 20.0. The number of benzene rings is 2. The lowest BCUT2D eigenvalue weighted by atomic mass is 10.00. The van der Waals surface area contributed by atoms with Crippen molar-refractivity contribution in [2.45, 2.75) is 31.3 Å². The molecule has 2 aromatic carbocycles. The average Bonchev–Trinajstić information content (AvgIpc) is 3.36. The maximum Gasteiger partial charge on any atom is 0.176 e. The molecule has 32 heavy (non-hydrogen) atoms. The summed E-state index contributed by atoms with van der Waals surface area (Å²) < 4.78 is 5.28. The number of phenols is 1. The van der Waals surface area contributed by atoms with E-state index in [1.807, 2.05) is 18.3 Å². The Hall–Kier alpha value is -2.54. The Bertz CT molecular complexity index is 1110. The highest BCUT2D eigenvalue weighted by atomic mass is 35.5. The lowest BCUT2D eigenvalue weighted by molar-refractivity contribution is 0.166. The highest BCUT2D eigenvalue weighted by molar-refractivity contribution is 6.32. The second-order valence-electron chi connectivity index (χ2n) is 8.70. The minimum atomic E-state index is -0.0394. The first-order valence-electron chi connectivity index (χ1n) is 11.3. The summed E-state index contributed by atoms with van der Waals surface area (Å²) in [5.41, 5.74) is 3.94. The van der Waals surface area contributed by atoms with E-state index in [0.717, 1.165) is 66.7 Å². The Labute approximate surface area is 193 Å². The Morgan fingerprint density at radius 3 is 2.72 bits per heavy atom. The lowest BCUT2D eigenvalue weighted by Crippen LogP contribution is -2.45. The summed E-state index contributed by atoms with van der Waals surface area (Å²) in [7, 11) is 1.52. The van der Waals surface area contributed by atoms with Crippen LogP contribution >= 0.6 is 11.6 Å². The molecule has 3 N–H and O–H groups in total. The number of hydrogen-bond acceptors (Lipinski definition) is 6. The van der Waals surface area contributed by atoms with E-state index < -0.39 is 0 Å². The highest BCUT2D eigenvalue weighted by Gasteiger charge is 2.27. The predicted molar refractivity (Wildman–Crippen MR) is 130 cm³/mol. The molecule has 2 saturated heterocycles. The zero-order valence-corrected chi connectivity index (χ0v) is 19.0. The number of phenolic OH excluding ortho intramolecular Hbond substituents is 1. The molecule has 0 amide bonds. The molecule has 168 valence electrons. The molecule has 7 heteroatoms. The number of halogens is 1. The van der Waals surface area contributed by atoms with Crippen molar-refractivity contribution >= 4 is 28.2 Å². The Kier molecular flexibility index (Phi) is 6.09. The number of anilines is 1. The number of methoxy groups -OCH3 is 1. The number of hydrogen-bond donors (Lipinski definition) is 3. The van der Waals surface area contributed by atoms with Gasteiger partial charge in [0, 0.05) is 49.0 Å². The summed E-state index contributed by atoms with van der Waals surface area (Å²) in [4.78, 5) is 7.20. The minimum Gasteiger partial charge on any atom is -0.503 e. The molecule has 5 rings (SSSR count). The molecule has 3 heterocycles. The molecule has 1 atom stereocenters. The largest absolute Gasteiger partial charge is 0.503 e. The molecule has 0 aliphatic carbocycles. The molecule has 1 unspecified atom stereocenters. The average molecular weight is 453 g/mol. The first kappa shape index (κ1) is 21.3. The predicted octanol–water partition coefficient (Wildman–Crippen LogP) is 4.51. The Morgan fingerprint density at radius 1 is 1.12 bits per heavy atom. The smallest absolute Gasteiger partial charge is 0.176 e. The van der Waals surface area contributed by atoms with E-state index in [1.165, 1.54) is 13.5 Å². The van der Waals surface area contributed by atoms with Gasteiger partial charge in [-0.3, -0.25) is 9.88 Å². The maximum atomic E-state index is 10.1. The summed E-state index contributed by atoms with van der Waals surface area (Å²) in [6, 6.07) is 13.0. The third kappa shape index (κ3) is 4.22. The summed E-state index contributed by atoms with van der Waals surface area (Å²) in [6.07, 6.45) is 5.42. The third-order valence-corrected chi connectivity index (χ3v) is 7.05. The van der Waals surface area contributed by atoms with Gasteiger partial charge < -0.3 is 20.5 Å². The quantitative estimate of drug-likeness (QED) is 0.529. The molecule has 1 aromatic heterocycles. The molecule has 6 nitrogen and oxygen atoms in total. The number of rotatable bonds is 5. The zero-order valence-electron chi connectivity index (χ0n) is 18.3. The van der Waals surface area contributed by atoms with Gasteiger partial charge in [-0.25, -0.2) is 0 Å². The first-order chi connectivity index (χ1) is 15.6. The van der Waals surface area contributed by atoms with E-state index >= 15 is 0 Å². The van der Waals surface area contributed by atoms with Gasteiger partial charge in [-0.05, 0) is 67.3 Å². The van der Waals surface area contributed by atoms with Gasteiger partial charge in [-0.2, -0.15) is 0 Å². The number of pyridine rings is 1. The number of aromatic nitrogens is 1. The molecular formula is C25H29ClN4O2. The fourth-order valence-electron chi connectivity index (χ4n) is 4.93. The van der Waals surface area contributed by atoms with Crippen LogP contribution in [0, 0.1) is 0 Å². The van der Waals surface area contributed by atoms with Crippen molar-refractivity contribution in [1.29, 1.82) is 0 Å². The van der Waals surface area contributed by atoms with Crippen LogP contribution in [0.15, 0.2) is 42.6 Å². The van der Waals surface area contributed by atoms with Gasteiger partial charge in [0.25, 0.3) is 0 Å². The van der Waals surface area contributed by atoms with Crippen LogP contribution in [0.5, 0.6) is 11.5 Å². The molecule has 0 bridgehead atoms. The van der Waals surface area contributed by atoms with Crippen LogP contribution in [0.1, 0.15) is 19.3 Å². The summed E-state index contributed by atoms with van der Waals surface area (Å²) in [6.45, 7) is 4.56. The number of nitrogens with zero attached hydrogens (tertiary/aromatic N) is 2. The maximum absolute atomic E-state index is 10.1. The highest BCUT2D eigenvalue weighted by Crippen LogP contribution is 2.39. The topological polar surface area (TPSA) is 69.7 Å². The number of nitrogens with one attached hydrogen (secondary N) is 2. The van der Waals surface area contributed by atoms with Crippen molar-refractivity contribution in [1.82, 2.24) is 15.2 Å². The Morgan fingerprint density at radius 2 is 1.97 bits per heavy atom. The summed E-state index contributed by atoms with van der Waals surface area (Å²) in [5, 5.41) is 18.7. The zero-order chi connectivity index (χ0) is 22.1. The summed E-state index contributed by atoms with van der Waals surface area (Å²) >= 11 is 6.22. The fraction of sp³-hybridized carbons (Fsp3) is 0.400. The van der Waals surface area contributed by atoms with Crippen LogP contribution in [0.3, 0.4) is 0 Å². The van der Waals surface area contributed by atoms with Crippen LogP contribution in [0.25, 0.3) is 22.0 Å². The van der Waals surface area contributed by atoms with Gasteiger partial charge in [-0.1, -0.05) is 17.7 Å². The van der Waals surface area contributed by atoms with Gasteiger partial charge in [-0.15, -0.1) is 0 Å². The van der Waals surface area contributed by atoms with Crippen molar-refractivity contribution in [3.05, 3.63) is 47.6 Å². The SMILES string of the molecule is COc1cc(-c2ccc3nccc(NC4CCN(C5CCNC5)CC4)c3c2)cc(Cl)c1O. The number of piperidine rings is 1. The number of ether oxygens (including phenoxy) is 1. The van der Waals surface area contributed by atoms with Gasteiger partial charge in [0.05, 0.1) is 17.6 Å². The van der Waals surface area contributed by atoms with Crippen LogP contribution in [0.4, 0.5) is 5.69 Å². The monoisotopic (exact) mass is 452 g/mol. The molecule has 0 radical (unpaired) electrons. The number of fused-ring (bicyclic) bond motifs is 1. The molecule has 0 saturated carbocycles. The standard InChI is InChI=1S/C25H29ClN4O2/c1-32-24-14-17(13-21(26)25(24)31)16-2-3-22-20(12-16)23(5-9-28-22)29-18-6-10-30(11-7-18)19-4-8-27-15-19/h2-3,5,9,12-14,18-19,27,31H,4,6-8,10-11,15H2,1H3,(H,28,29). The van der Waals surface area contributed by atoms with Crippen molar-refractivity contribution in [2.75, 3.05) is 38.6 Å². The van der Waals surface area contributed by atoms with Crippen molar-refractivity contribution in [3.8, 4) is 22.6 Å². The fourth-order valence-corrected chi connectivity index (χ4v) is 5.14. The van der Waals surface area contributed by atoms with Gasteiger partial charge >= 0.3 is 0 Å². The van der Waals surface area contributed by atoms with E-state index in [0.29, 0.717) is 17.8 Å². The molecule has 3 aromatic rings. The van der Waals surface area contributed by atoms with E-state index in [9.17, 15) is 5.11 Å². The second-order valence-corrected chi connectivity index (χ2v) is 9.11. The van der Waals surface area contributed by atoms with Gasteiger partial charge in [0.15, 0.2) is 11.5 Å². The molecule has 2 aliphatic heterocycles. The molecule has 2 aliphatic rings. The van der Waals surface area contributed by atoms with Crippen LogP contribution in [0.2, 0.25) is 5.02 Å². The van der Waals surface area contributed by atoms with Crippen LogP contribution in [-0.4, -0.2) is 60.4 Å². The van der Waals surface area contributed by atoms with E-state index in [1.54, 1.807) is 12.1 Å². The van der Waals surface area contributed by atoms with Crippen molar-refractivity contribution < 1.29 is 9.84 Å². The molecule has 2 fully saturated rings. The van der Waals surface area contributed by atoms with Crippen LogP contribution < -0.4 is 15.4 Å². The van der Waals surface area contributed by atoms with Crippen LogP contribution in [-0.2, 0) is 0 Å². The van der Waals surface area contributed by atoms with E-state index in [2.05, 4.69) is 32.7 Å². The van der Waals surface area contributed by atoms with E-state index in [4.69, 9.17) is 16.3 Å². The first-order valence-corrected chi connectivity index (χ1v) is 11.7. The lowest BCUT2D eigenvalue weighted by Gasteiger charge is -2.36. The van der Waals surface area contributed by atoms with Gasteiger partial charge in [0.2, 0.25) is 0 Å². The van der Waals surface area contributed by atoms with Crippen molar-refractivity contribution in [2.24, 2.45) is 0 Å². The summed E-state index contributed by atoms with van der Waals surface area (Å²) in [5.74, 6) is 0.323. The minimum absolute atomic E-state index is 0.0394. The van der Waals surface area contributed by atoms with E-state index in [-0.39, 0.29) is 10.8 Å². The molecule has 0 spiro atoms. The second kappa shape index (κ2) is 9.14. The molecular weight excluding hydrogens is 424 g/mol. The third-order valence-electron chi connectivity index (χ3n) is 6.76. The van der Waals surface area contributed by atoms with Gasteiger partial charge in [0.1, 0.15) is 0 Å². The number of aromatic hydroxyl groups is 1. The van der Waals surface area contributed by atoms with Crippen molar-refractivity contribution in [3.63, 3.8) is 0 Å².